The van der Waals surface area contributed by atoms with Crippen LogP contribution in [0.25, 0.3) is 10.9 Å². The highest BCUT2D eigenvalue weighted by atomic mass is 14.9. The lowest BCUT2D eigenvalue weighted by atomic mass is 9.96. The maximum absolute atomic E-state index is 3.78. The Morgan fingerprint density at radius 1 is 1.00 bits per heavy atom. The second kappa shape index (κ2) is 6.94. The molecule has 3 rings (SSSR count). The summed E-state index contributed by atoms with van der Waals surface area (Å²) in [5, 5.41) is 5.16. The van der Waals surface area contributed by atoms with E-state index in [0.717, 1.165) is 19.0 Å². The molecule has 1 aliphatic carbocycles. The molecule has 20 heavy (non-hydrogen) atoms. The number of aromatic nitrogens is 1. The monoisotopic (exact) mass is 270 g/mol. The molecular formula is C18H26N2. The third-order valence-electron chi connectivity index (χ3n) is 4.61. The molecule has 0 spiro atoms. The smallest absolute Gasteiger partial charge is 0.0456 e. The molecule has 0 atom stereocenters. The van der Waals surface area contributed by atoms with Gasteiger partial charge in [0.2, 0.25) is 0 Å². The van der Waals surface area contributed by atoms with Crippen LogP contribution in [-0.2, 0) is 6.42 Å². The van der Waals surface area contributed by atoms with Crippen LogP contribution in [0.4, 0.5) is 0 Å². The predicted octanol–water partition coefficient (Wildman–Crippen LogP) is 4.41. The summed E-state index contributed by atoms with van der Waals surface area (Å²) in [5.74, 6) is 0. The Kier molecular flexibility index (Phi) is 4.75. The quantitative estimate of drug-likeness (QED) is 0.846. The minimum atomic E-state index is 0.750. The molecule has 1 aromatic heterocycles. The fourth-order valence-electron chi connectivity index (χ4n) is 3.41. The summed E-state index contributed by atoms with van der Waals surface area (Å²) in [7, 11) is 0. The van der Waals surface area contributed by atoms with Crippen molar-refractivity contribution < 1.29 is 0 Å². The molecule has 1 heterocycles. The Hall–Kier alpha value is -1.28. The molecule has 0 radical (unpaired) electrons. The van der Waals surface area contributed by atoms with Crippen LogP contribution in [0.5, 0.6) is 0 Å². The second-order valence-corrected chi connectivity index (χ2v) is 6.11. The summed E-state index contributed by atoms with van der Waals surface area (Å²) in [6, 6.07) is 9.34. The number of hydrogen-bond acceptors (Lipinski definition) is 1. The summed E-state index contributed by atoms with van der Waals surface area (Å²) >= 11 is 0. The molecule has 0 amide bonds. The maximum Gasteiger partial charge on any atom is 0.0456 e. The normalized spacial score (nSPS) is 18.0. The summed E-state index contributed by atoms with van der Waals surface area (Å²) < 4.78 is 0. The summed E-state index contributed by atoms with van der Waals surface area (Å²) in [6.07, 6.45) is 13.2. The molecule has 0 bridgehead atoms. The number of rotatable bonds is 4. The Balaban J connectivity index is 1.51. The highest BCUT2D eigenvalue weighted by Gasteiger charge is 2.10. The first-order valence-electron chi connectivity index (χ1n) is 8.22. The Bertz CT molecular complexity index is 521. The molecular weight excluding hydrogens is 244 g/mol. The molecule has 0 saturated heterocycles. The Morgan fingerprint density at radius 2 is 1.75 bits per heavy atom. The van der Waals surface area contributed by atoms with Crippen molar-refractivity contribution in [2.75, 3.05) is 6.54 Å². The lowest BCUT2D eigenvalue weighted by Gasteiger charge is -2.21. The van der Waals surface area contributed by atoms with Gasteiger partial charge in [0.05, 0.1) is 0 Å². The molecule has 0 unspecified atom stereocenters. The number of para-hydroxylation sites is 1. The van der Waals surface area contributed by atoms with Crippen LogP contribution in [0.15, 0.2) is 30.5 Å². The van der Waals surface area contributed by atoms with Crippen molar-refractivity contribution in [1.29, 1.82) is 0 Å². The van der Waals surface area contributed by atoms with Gasteiger partial charge in [0.15, 0.2) is 0 Å². The lowest BCUT2D eigenvalue weighted by molar-refractivity contribution is 0.392. The molecule has 2 nitrogen and oxygen atoms in total. The van der Waals surface area contributed by atoms with Gasteiger partial charge < -0.3 is 10.3 Å². The Labute approximate surface area is 122 Å². The van der Waals surface area contributed by atoms with Crippen LogP contribution in [0.1, 0.15) is 50.5 Å². The second-order valence-electron chi connectivity index (χ2n) is 6.11. The van der Waals surface area contributed by atoms with E-state index in [2.05, 4.69) is 40.8 Å². The number of nitrogens with one attached hydrogen (secondary N) is 2. The number of hydrogen-bond donors (Lipinski definition) is 2. The van der Waals surface area contributed by atoms with E-state index in [4.69, 9.17) is 0 Å². The highest BCUT2D eigenvalue weighted by Crippen LogP contribution is 2.19. The van der Waals surface area contributed by atoms with Crippen molar-refractivity contribution in [3.05, 3.63) is 36.0 Å². The average Bonchev–Trinajstić information content (AvgIpc) is 2.84. The molecule has 1 fully saturated rings. The number of H-pyrrole nitrogens is 1. The van der Waals surface area contributed by atoms with E-state index >= 15 is 0 Å². The molecule has 2 heteroatoms. The average molecular weight is 270 g/mol. The molecule has 1 saturated carbocycles. The van der Waals surface area contributed by atoms with Crippen molar-refractivity contribution >= 4 is 10.9 Å². The molecule has 1 aliphatic rings. The maximum atomic E-state index is 3.78. The first-order chi connectivity index (χ1) is 9.93. The molecule has 2 N–H and O–H groups in total. The summed E-state index contributed by atoms with van der Waals surface area (Å²) in [5.41, 5.74) is 2.70. The first kappa shape index (κ1) is 13.7. The van der Waals surface area contributed by atoms with Gasteiger partial charge in [-0.15, -0.1) is 0 Å². The summed E-state index contributed by atoms with van der Waals surface area (Å²) in [4.78, 5) is 3.37. The van der Waals surface area contributed by atoms with Gasteiger partial charge >= 0.3 is 0 Å². The molecule has 2 aromatic rings. The van der Waals surface area contributed by atoms with Crippen molar-refractivity contribution in [3.8, 4) is 0 Å². The van der Waals surface area contributed by atoms with E-state index in [9.17, 15) is 0 Å². The minimum absolute atomic E-state index is 0.750. The Morgan fingerprint density at radius 3 is 2.60 bits per heavy atom. The van der Waals surface area contributed by atoms with Gasteiger partial charge in [0.1, 0.15) is 0 Å². The molecule has 108 valence electrons. The fourth-order valence-corrected chi connectivity index (χ4v) is 3.41. The zero-order valence-electron chi connectivity index (χ0n) is 12.3. The predicted molar refractivity (Wildman–Crippen MR) is 86.1 cm³/mol. The highest BCUT2D eigenvalue weighted by molar-refractivity contribution is 5.83. The van der Waals surface area contributed by atoms with E-state index in [-0.39, 0.29) is 0 Å². The van der Waals surface area contributed by atoms with Gasteiger partial charge in [0, 0.05) is 23.1 Å². The van der Waals surface area contributed by atoms with Crippen molar-refractivity contribution in [3.63, 3.8) is 0 Å². The first-order valence-corrected chi connectivity index (χ1v) is 8.22. The van der Waals surface area contributed by atoms with Gasteiger partial charge in [-0.3, -0.25) is 0 Å². The zero-order valence-corrected chi connectivity index (χ0v) is 12.3. The van der Waals surface area contributed by atoms with Gasteiger partial charge in [-0.25, -0.2) is 0 Å². The van der Waals surface area contributed by atoms with Crippen LogP contribution in [0.3, 0.4) is 0 Å². The van der Waals surface area contributed by atoms with E-state index in [1.807, 2.05) is 0 Å². The van der Waals surface area contributed by atoms with Gasteiger partial charge in [-0.05, 0) is 37.4 Å². The number of aromatic amines is 1. The van der Waals surface area contributed by atoms with Gasteiger partial charge in [-0.2, -0.15) is 0 Å². The van der Waals surface area contributed by atoms with E-state index in [1.54, 1.807) is 0 Å². The lowest BCUT2D eigenvalue weighted by Crippen LogP contribution is -2.31. The van der Waals surface area contributed by atoms with Crippen molar-refractivity contribution in [2.24, 2.45) is 0 Å². The minimum Gasteiger partial charge on any atom is -0.361 e. The van der Waals surface area contributed by atoms with Gasteiger partial charge in [-0.1, -0.05) is 50.3 Å². The standard InChI is InChI=1S/C18H26N2/c1-2-4-8-16(9-5-3-1)19-13-12-15-14-20-18-11-7-6-10-17(15)18/h6-7,10-11,14,16,19-20H,1-5,8-9,12-13H2. The van der Waals surface area contributed by atoms with Crippen LogP contribution < -0.4 is 5.32 Å². The van der Waals surface area contributed by atoms with Crippen molar-refractivity contribution in [1.82, 2.24) is 10.3 Å². The molecule has 0 aliphatic heterocycles. The largest absolute Gasteiger partial charge is 0.361 e. The van der Waals surface area contributed by atoms with Crippen molar-refractivity contribution in [2.45, 2.75) is 57.4 Å². The molecule has 1 aromatic carbocycles. The topological polar surface area (TPSA) is 27.8 Å². The number of fused-ring (bicyclic) bond motifs is 1. The van der Waals surface area contributed by atoms with E-state index in [0.29, 0.717) is 0 Å². The third-order valence-corrected chi connectivity index (χ3v) is 4.61. The van der Waals surface area contributed by atoms with Crippen LogP contribution in [0, 0.1) is 0 Å². The third kappa shape index (κ3) is 3.43. The summed E-state index contributed by atoms with van der Waals surface area (Å²) in [6.45, 7) is 1.10. The van der Waals surface area contributed by atoms with Crippen LogP contribution in [-0.4, -0.2) is 17.6 Å². The number of benzene rings is 1. The van der Waals surface area contributed by atoms with E-state index in [1.165, 1.54) is 61.4 Å². The van der Waals surface area contributed by atoms with Gasteiger partial charge in [0.25, 0.3) is 0 Å². The van der Waals surface area contributed by atoms with E-state index < -0.39 is 0 Å². The van der Waals surface area contributed by atoms with Crippen LogP contribution >= 0.6 is 0 Å². The fraction of sp³-hybridized carbons (Fsp3) is 0.556. The zero-order chi connectivity index (χ0) is 13.6. The van der Waals surface area contributed by atoms with Crippen LogP contribution in [0.2, 0.25) is 0 Å². The SMILES string of the molecule is c1ccc2c(CCNC3CCCCCCC3)c[nH]c2c1.